The van der Waals surface area contributed by atoms with Crippen LogP contribution in [0.25, 0.3) is 16.6 Å². The molecule has 0 bridgehead atoms. The van der Waals surface area contributed by atoms with Gasteiger partial charge in [-0.25, -0.2) is 4.98 Å². The van der Waals surface area contributed by atoms with Crippen LogP contribution in [0.3, 0.4) is 0 Å². The van der Waals surface area contributed by atoms with Crippen molar-refractivity contribution in [1.82, 2.24) is 9.38 Å². The van der Waals surface area contributed by atoms with Crippen LogP contribution in [0.15, 0.2) is 48.9 Å². The van der Waals surface area contributed by atoms with E-state index in [0.717, 1.165) is 22.3 Å². The van der Waals surface area contributed by atoms with Gasteiger partial charge in [0.15, 0.2) is 0 Å². The minimum Gasteiger partial charge on any atom is -0.305 e. The minimum absolute atomic E-state index is 0.0981. The third-order valence-electron chi connectivity index (χ3n) is 3.13. The molecule has 0 saturated heterocycles. The summed E-state index contributed by atoms with van der Waals surface area (Å²) in [6, 6.07) is 10.5. The largest absolute Gasteiger partial charge is 0.305 e. The van der Waals surface area contributed by atoms with Crippen LogP contribution in [-0.2, 0) is 0 Å². The summed E-state index contributed by atoms with van der Waals surface area (Å²) in [5, 5.41) is 10.7. The van der Waals surface area contributed by atoms with Gasteiger partial charge in [-0.05, 0) is 30.7 Å². The first-order chi connectivity index (χ1) is 9.16. The number of aryl methyl sites for hydroxylation is 1. The molecular weight excluding hydrogens is 242 g/mol. The smallest absolute Gasteiger partial charge is 0.269 e. The Morgan fingerprint density at radius 2 is 1.95 bits per heavy atom. The van der Waals surface area contributed by atoms with Gasteiger partial charge in [-0.2, -0.15) is 0 Å². The van der Waals surface area contributed by atoms with Gasteiger partial charge in [-0.3, -0.25) is 10.1 Å². The predicted molar refractivity (Wildman–Crippen MR) is 72.0 cm³/mol. The van der Waals surface area contributed by atoms with Crippen molar-refractivity contribution in [3.05, 3.63) is 64.7 Å². The van der Waals surface area contributed by atoms with Gasteiger partial charge in [-0.1, -0.05) is 6.07 Å². The Hall–Kier alpha value is -2.69. The number of imidazole rings is 1. The number of hydrogen-bond acceptors (Lipinski definition) is 3. The molecule has 1 aromatic carbocycles. The van der Waals surface area contributed by atoms with Gasteiger partial charge in [0.25, 0.3) is 5.69 Å². The van der Waals surface area contributed by atoms with Crippen molar-refractivity contribution in [2.24, 2.45) is 0 Å². The van der Waals surface area contributed by atoms with Crippen molar-refractivity contribution in [2.45, 2.75) is 6.92 Å². The van der Waals surface area contributed by atoms with Crippen molar-refractivity contribution in [3.63, 3.8) is 0 Å². The second-order valence-electron chi connectivity index (χ2n) is 4.31. The predicted octanol–water partition coefficient (Wildman–Crippen LogP) is 3.22. The van der Waals surface area contributed by atoms with Gasteiger partial charge >= 0.3 is 0 Å². The minimum atomic E-state index is -0.394. The molecule has 3 rings (SSSR count). The molecule has 0 atom stereocenters. The van der Waals surface area contributed by atoms with Gasteiger partial charge in [0, 0.05) is 23.9 Å². The lowest BCUT2D eigenvalue weighted by atomic mass is 10.0. The molecule has 0 N–H and O–H groups in total. The number of nitro benzene ring substituents is 1. The monoisotopic (exact) mass is 253 g/mol. The summed E-state index contributed by atoms with van der Waals surface area (Å²) in [6.07, 6.45) is 3.70. The summed E-state index contributed by atoms with van der Waals surface area (Å²) in [6.45, 7) is 1.95. The van der Waals surface area contributed by atoms with Crippen molar-refractivity contribution < 1.29 is 4.92 Å². The molecule has 0 amide bonds. The Kier molecular flexibility index (Phi) is 2.52. The number of rotatable bonds is 2. The Balaban J connectivity index is 2.18. The Labute approximate surface area is 109 Å². The Bertz CT molecular complexity index is 760. The molecule has 94 valence electrons. The summed E-state index contributed by atoms with van der Waals surface area (Å²) in [5.41, 5.74) is 4.03. The number of aromatic nitrogens is 2. The molecule has 5 nitrogen and oxygen atoms in total. The van der Waals surface area contributed by atoms with E-state index in [2.05, 4.69) is 4.98 Å². The normalized spacial score (nSPS) is 10.8. The molecule has 0 aliphatic rings. The van der Waals surface area contributed by atoms with E-state index in [4.69, 9.17) is 0 Å². The van der Waals surface area contributed by atoms with Gasteiger partial charge in [0.2, 0.25) is 0 Å². The first-order valence-corrected chi connectivity index (χ1v) is 5.84. The van der Waals surface area contributed by atoms with Gasteiger partial charge in [0.05, 0.1) is 22.5 Å². The number of hydrogen-bond donors (Lipinski definition) is 0. The number of non-ortho nitro benzene ring substituents is 1. The van der Waals surface area contributed by atoms with Crippen molar-refractivity contribution in [3.8, 4) is 11.1 Å². The fourth-order valence-electron chi connectivity index (χ4n) is 2.21. The van der Waals surface area contributed by atoms with Crippen molar-refractivity contribution in [1.29, 1.82) is 0 Å². The van der Waals surface area contributed by atoms with Crippen LogP contribution in [0.1, 0.15) is 5.69 Å². The van der Waals surface area contributed by atoms with E-state index in [9.17, 15) is 10.1 Å². The van der Waals surface area contributed by atoms with Crippen molar-refractivity contribution in [2.75, 3.05) is 0 Å². The second kappa shape index (κ2) is 4.20. The third kappa shape index (κ3) is 1.85. The molecule has 2 aromatic heterocycles. The quantitative estimate of drug-likeness (QED) is 0.520. The van der Waals surface area contributed by atoms with Crippen LogP contribution in [-0.4, -0.2) is 14.3 Å². The van der Waals surface area contributed by atoms with E-state index in [0.29, 0.717) is 0 Å². The maximum atomic E-state index is 10.7. The van der Waals surface area contributed by atoms with Crippen LogP contribution in [0, 0.1) is 17.0 Å². The number of pyridine rings is 1. The molecule has 0 spiro atoms. The molecule has 0 aliphatic heterocycles. The van der Waals surface area contributed by atoms with Crippen molar-refractivity contribution >= 4 is 11.2 Å². The van der Waals surface area contributed by atoms with Crippen LogP contribution >= 0.6 is 0 Å². The first kappa shape index (κ1) is 11.4. The highest BCUT2D eigenvalue weighted by Gasteiger charge is 2.09. The number of benzene rings is 1. The lowest BCUT2D eigenvalue weighted by Crippen LogP contribution is -1.89. The molecule has 0 aliphatic carbocycles. The summed E-state index contributed by atoms with van der Waals surface area (Å²) >= 11 is 0. The van der Waals surface area contributed by atoms with Crippen LogP contribution in [0.4, 0.5) is 5.69 Å². The molecule has 0 saturated carbocycles. The average molecular weight is 253 g/mol. The summed E-state index contributed by atoms with van der Waals surface area (Å²) in [5.74, 6) is 0. The first-order valence-electron chi connectivity index (χ1n) is 5.84. The average Bonchev–Trinajstić information content (AvgIpc) is 2.81. The standard InChI is InChI=1S/C14H11N3O2/c1-10-14-13(3-2-8-16(14)9-15-10)11-4-6-12(7-5-11)17(18)19/h2-9H,1H3. The Morgan fingerprint density at radius 1 is 1.21 bits per heavy atom. The van der Waals surface area contributed by atoms with E-state index in [1.54, 1.807) is 18.5 Å². The topological polar surface area (TPSA) is 60.4 Å². The van der Waals surface area contributed by atoms with Crippen LogP contribution < -0.4 is 0 Å². The second-order valence-corrected chi connectivity index (χ2v) is 4.31. The SMILES string of the molecule is Cc1ncn2cccc(-c3ccc([N+](=O)[O-])cc3)c12. The zero-order valence-corrected chi connectivity index (χ0v) is 10.3. The molecular formula is C14H11N3O2. The summed E-state index contributed by atoms with van der Waals surface area (Å²) < 4.78 is 1.95. The summed E-state index contributed by atoms with van der Waals surface area (Å²) in [4.78, 5) is 14.6. The van der Waals surface area contributed by atoms with E-state index in [-0.39, 0.29) is 5.69 Å². The molecule has 0 unspecified atom stereocenters. The fraction of sp³-hybridized carbons (Fsp3) is 0.0714. The lowest BCUT2D eigenvalue weighted by molar-refractivity contribution is -0.384. The zero-order valence-electron chi connectivity index (χ0n) is 10.3. The number of nitro groups is 1. The number of fused-ring (bicyclic) bond motifs is 1. The maximum absolute atomic E-state index is 10.7. The third-order valence-corrected chi connectivity index (χ3v) is 3.13. The van der Waals surface area contributed by atoms with Crippen LogP contribution in [0.5, 0.6) is 0 Å². The molecule has 5 heteroatoms. The van der Waals surface area contributed by atoms with Gasteiger partial charge < -0.3 is 4.40 Å². The highest BCUT2D eigenvalue weighted by Crippen LogP contribution is 2.27. The fourth-order valence-corrected chi connectivity index (χ4v) is 2.21. The van der Waals surface area contributed by atoms with Crippen LogP contribution in [0.2, 0.25) is 0 Å². The Morgan fingerprint density at radius 3 is 2.63 bits per heavy atom. The molecule has 0 fully saturated rings. The van der Waals surface area contributed by atoms with E-state index in [1.165, 1.54) is 12.1 Å². The highest BCUT2D eigenvalue weighted by atomic mass is 16.6. The molecule has 3 aromatic rings. The van der Waals surface area contributed by atoms with Gasteiger partial charge in [-0.15, -0.1) is 0 Å². The maximum Gasteiger partial charge on any atom is 0.269 e. The summed E-state index contributed by atoms with van der Waals surface area (Å²) in [7, 11) is 0. The zero-order chi connectivity index (χ0) is 13.4. The van der Waals surface area contributed by atoms with E-state index in [1.807, 2.05) is 29.7 Å². The number of nitrogens with zero attached hydrogens (tertiary/aromatic N) is 3. The molecule has 2 heterocycles. The van der Waals surface area contributed by atoms with E-state index < -0.39 is 4.92 Å². The van der Waals surface area contributed by atoms with E-state index >= 15 is 0 Å². The highest BCUT2D eigenvalue weighted by molar-refractivity contribution is 5.82. The molecule has 0 radical (unpaired) electrons. The lowest BCUT2D eigenvalue weighted by Gasteiger charge is -2.05. The molecule has 19 heavy (non-hydrogen) atoms. The van der Waals surface area contributed by atoms with Gasteiger partial charge in [0.1, 0.15) is 0 Å².